The molecular formula is C12H14FNO3. The summed E-state index contributed by atoms with van der Waals surface area (Å²) in [4.78, 5) is 23.2. The van der Waals surface area contributed by atoms with Gasteiger partial charge in [-0.3, -0.25) is 9.59 Å². The van der Waals surface area contributed by atoms with Crippen LogP contribution >= 0.6 is 0 Å². The summed E-state index contributed by atoms with van der Waals surface area (Å²) in [6.45, 7) is 2.91. The van der Waals surface area contributed by atoms with Gasteiger partial charge in [0.15, 0.2) is 0 Å². The number of nitrogens with one attached hydrogen (secondary N) is 1. The Balaban J connectivity index is 2.79. The number of halogens is 1. The Bertz CT molecular complexity index is 426. The molecule has 1 N–H and O–H groups in total. The van der Waals surface area contributed by atoms with E-state index in [9.17, 15) is 14.0 Å². The zero-order chi connectivity index (χ0) is 13.1. The third-order valence-electron chi connectivity index (χ3n) is 2.37. The van der Waals surface area contributed by atoms with Crippen molar-refractivity contribution >= 4 is 17.6 Å². The zero-order valence-electron chi connectivity index (χ0n) is 9.91. The minimum atomic E-state index is -1.29. The number of hydrogen-bond acceptors (Lipinski definition) is 3. The van der Waals surface area contributed by atoms with Gasteiger partial charge in [-0.1, -0.05) is 0 Å². The lowest BCUT2D eigenvalue weighted by molar-refractivity contribution is -0.154. The van der Waals surface area contributed by atoms with Crippen LogP contribution in [0.1, 0.15) is 13.8 Å². The van der Waals surface area contributed by atoms with Crippen LogP contribution in [0.15, 0.2) is 24.3 Å². The van der Waals surface area contributed by atoms with E-state index in [1.165, 1.54) is 45.2 Å². The van der Waals surface area contributed by atoms with Crippen molar-refractivity contribution in [1.29, 1.82) is 0 Å². The van der Waals surface area contributed by atoms with Crippen LogP contribution in [0.5, 0.6) is 0 Å². The molecule has 0 aliphatic rings. The van der Waals surface area contributed by atoms with Crippen LogP contribution in [0.3, 0.4) is 0 Å². The fourth-order valence-corrected chi connectivity index (χ4v) is 1.17. The number of carbonyl (C=O) groups excluding carboxylic acids is 2. The maximum atomic E-state index is 12.7. The van der Waals surface area contributed by atoms with Crippen LogP contribution in [-0.4, -0.2) is 19.0 Å². The molecular weight excluding hydrogens is 225 g/mol. The smallest absolute Gasteiger partial charge is 0.320 e. The quantitative estimate of drug-likeness (QED) is 0.648. The molecule has 4 nitrogen and oxygen atoms in total. The average molecular weight is 239 g/mol. The van der Waals surface area contributed by atoms with Crippen LogP contribution in [0.4, 0.5) is 10.1 Å². The number of ether oxygens (including phenoxy) is 1. The Labute approximate surface area is 98.8 Å². The normalized spacial score (nSPS) is 10.8. The maximum absolute atomic E-state index is 12.7. The molecule has 92 valence electrons. The molecule has 1 amide bonds. The molecule has 0 saturated heterocycles. The van der Waals surface area contributed by atoms with Crippen molar-refractivity contribution in [2.24, 2.45) is 5.41 Å². The number of hydrogen-bond donors (Lipinski definition) is 1. The predicted octanol–water partition coefficient (Wildman–Crippen LogP) is 1.96. The monoisotopic (exact) mass is 239 g/mol. The molecule has 1 aromatic rings. The maximum Gasteiger partial charge on any atom is 0.320 e. The summed E-state index contributed by atoms with van der Waals surface area (Å²) in [6, 6.07) is 5.28. The Morgan fingerprint density at radius 3 is 2.24 bits per heavy atom. The van der Waals surface area contributed by atoms with E-state index in [-0.39, 0.29) is 0 Å². The Morgan fingerprint density at radius 1 is 1.24 bits per heavy atom. The van der Waals surface area contributed by atoms with E-state index in [0.717, 1.165) is 0 Å². The molecule has 0 aliphatic heterocycles. The number of methoxy groups -OCH3 is 1. The minimum Gasteiger partial charge on any atom is -0.468 e. The molecule has 17 heavy (non-hydrogen) atoms. The summed E-state index contributed by atoms with van der Waals surface area (Å²) < 4.78 is 17.2. The molecule has 0 aromatic heterocycles. The summed E-state index contributed by atoms with van der Waals surface area (Å²) in [5, 5.41) is 2.52. The standard InChI is InChI=1S/C12H14FNO3/c1-12(2,11(16)17-3)10(15)14-9-6-4-8(13)5-7-9/h4-7H,1-3H3,(H,14,15). The third-order valence-corrected chi connectivity index (χ3v) is 2.37. The van der Waals surface area contributed by atoms with Gasteiger partial charge in [-0.05, 0) is 38.1 Å². The van der Waals surface area contributed by atoms with Crippen molar-refractivity contribution in [1.82, 2.24) is 0 Å². The van der Waals surface area contributed by atoms with Gasteiger partial charge in [-0.2, -0.15) is 0 Å². The Morgan fingerprint density at radius 2 is 1.76 bits per heavy atom. The van der Waals surface area contributed by atoms with Crippen molar-refractivity contribution in [2.45, 2.75) is 13.8 Å². The number of esters is 1. The lowest BCUT2D eigenvalue weighted by Crippen LogP contribution is -2.38. The van der Waals surface area contributed by atoms with Crippen molar-refractivity contribution in [3.63, 3.8) is 0 Å². The summed E-state index contributed by atoms with van der Waals surface area (Å²) in [7, 11) is 1.22. The molecule has 0 spiro atoms. The van der Waals surface area contributed by atoms with E-state index >= 15 is 0 Å². The van der Waals surface area contributed by atoms with E-state index in [2.05, 4.69) is 10.1 Å². The summed E-state index contributed by atoms with van der Waals surface area (Å²) >= 11 is 0. The zero-order valence-corrected chi connectivity index (χ0v) is 9.91. The van der Waals surface area contributed by atoms with Gasteiger partial charge in [0.05, 0.1) is 7.11 Å². The van der Waals surface area contributed by atoms with E-state index in [1.807, 2.05) is 0 Å². The second-order valence-electron chi connectivity index (χ2n) is 4.08. The predicted molar refractivity (Wildman–Crippen MR) is 60.8 cm³/mol. The van der Waals surface area contributed by atoms with E-state index in [1.54, 1.807) is 0 Å². The molecule has 0 aliphatic carbocycles. The van der Waals surface area contributed by atoms with E-state index < -0.39 is 23.1 Å². The molecule has 0 fully saturated rings. The fourth-order valence-electron chi connectivity index (χ4n) is 1.17. The highest BCUT2D eigenvalue weighted by atomic mass is 19.1. The van der Waals surface area contributed by atoms with Crippen molar-refractivity contribution in [3.8, 4) is 0 Å². The second kappa shape index (κ2) is 4.95. The number of rotatable bonds is 3. The molecule has 1 rings (SSSR count). The summed E-state index contributed by atoms with van der Waals surface area (Å²) in [5.41, 5.74) is -0.864. The van der Waals surface area contributed by atoms with Gasteiger partial charge < -0.3 is 10.1 Å². The molecule has 0 heterocycles. The Hall–Kier alpha value is -1.91. The third kappa shape index (κ3) is 3.03. The molecule has 0 saturated carbocycles. The van der Waals surface area contributed by atoms with Crippen molar-refractivity contribution in [3.05, 3.63) is 30.1 Å². The summed E-state index contributed by atoms with van der Waals surface area (Å²) in [6.07, 6.45) is 0. The van der Waals surface area contributed by atoms with Crippen LogP contribution in [-0.2, 0) is 14.3 Å². The highest BCUT2D eigenvalue weighted by Crippen LogP contribution is 2.20. The topological polar surface area (TPSA) is 55.4 Å². The SMILES string of the molecule is COC(=O)C(C)(C)C(=O)Nc1ccc(F)cc1. The highest BCUT2D eigenvalue weighted by molar-refractivity contribution is 6.08. The van der Waals surface area contributed by atoms with Crippen molar-refractivity contribution in [2.75, 3.05) is 12.4 Å². The van der Waals surface area contributed by atoms with Gasteiger partial charge >= 0.3 is 5.97 Å². The fraction of sp³-hybridized carbons (Fsp3) is 0.333. The lowest BCUT2D eigenvalue weighted by Gasteiger charge is -2.20. The van der Waals surface area contributed by atoms with E-state index in [4.69, 9.17) is 0 Å². The molecule has 5 heteroatoms. The molecule has 0 unspecified atom stereocenters. The van der Waals surface area contributed by atoms with Gasteiger partial charge in [-0.25, -0.2) is 4.39 Å². The van der Waals surface area contributed by atoms with Crippen LogP contribution in [0.25, 0.3) is 0 Å². The van der Waals surface area contributed by atoms with Gasteiger partial charge in [-0.15, -0.1) is 0 Å². The molecule has 0 radical (unpaired) electrons. The largest absolute Gasteiger partial charge is 0.468 e. The second-order valence-corrected chi connectivity index (χ2v) is 4.08. The first-order chi connectivity index (χ1) is 7.87. The lowest BCUT2D eigenvalue weighted by atomic mass is 9.92. The number of benzene rings is 1. The molecule has 0 atom stereocenters. The Kier molecular flexibility index (Phi) is 3.83. The number of carbonyl (C=O) groups is 2. The minimum absolute atomic E-state index is 0.393. The molecule has 1 aromatic carbocycles. The first-order valence-corrected chi connectivity index (χ1v) is 5.03. The first-order valence-electron chi connectivity index (χ1n) is 5.03. The number of anilines is 1. The molecule has 0 bridgehead atoms. The van der Waals surface area contributed by atoms with Crippen molar-refractivity contribution < 1.29 is 18.7 Å². The summed E-state index contributed by atoms with van der Waals surface area (Å²) in [5.74, 6) is -1.52. The van der Waals surface area contributed by atoms with Gasteiger partial charge in [0.1, 0.15) is 11.2 Å². The van der Waals surface area contributed by atoms with Crippen LogP contribution in [0, 0.1) is 11.2 Å². The van der Waals surface area contributed by atoms with Gasteiger partial charge in [0.2, 0.25) is 5.91 Å². The van der Waals surface area contributed by atoms with Crippen LogP contribution < -0.4 is 5.32 Å². The van der Waals surface area contributed by atoms with Gasteiger partial charge in [0.25, 0.3) is 0 Å². The van der Waals surface area contributed by atoms with Crippen LogP contribution in [0.2, 0.25) is 0 Å². The first kappa shape index (κ1) is 13.2. The number of amides is 1. The highest BCUT2D eigenvalue weighted by Gasteiger charge is 2.37. The van der Waals surface area contributed by atoms with E-state index in [0.29, 0.717) is 5.69 Å². The average Bonchev–Trinajstić information content (AvgIpc) is 2.30. The van der Waals surface area contributed by atoms with Gasteiger partial charge in [0, 0.05) is 5.69 Å².